The van der Waals surface area contributed by atoms with Crippen molar-refractivity contribution < 1.29 is 18.3 Å². The van der Waals surface area contributed by atoms with Gasteiger partial charge in [-0.1, -0.05) is 18.2 Å². The van der Waals surface area contributed by atoms with Crippen molar-refractivity contribution in [2.24, 2.45) is 0 Å². The van der Waals surface area contributed by atoms with Crippen LogP contribution in [0.5, 0.6) is 0 Å². The molecule has 3 rings (SSSR count). The highest BCUT2D eigenvalue weighted by Crippen LogP contribution is 2.41. The number of benzene rings is 1. The number of alkyl halides is 3. The molecule has 7 heteroatoms. The average Bonchev–Trinajstić information content (AvgIpc) is 2.88. The Morgan fingerprint density at radius 1 is 1.22 bits per heavy atom. The van der Waals surface area contributed by atoms with E-state index in [9.17, 15) is 18.3 Å². The molecule has 2 unspecified atom stereocenters. The number of nitrogens with zero attached hydrogens (tertiary/aromatic N) is 3. The van der Waals surface area contributed by atoms with Crippen molar-refractivity contribution in [3.8, 4) is 0 Å². The molecule has 2 atom stereocenters. The molecule has 2 heterocycles. The summed E-state index contributed by atoms with van der Waals surface area (Å²) in [6.07, 6.45) is -3.38. The van der Waals surface area contributed by atoms with E-state index in [2.05, 4.69) is 9.97 Å². The maximum atomic E-state index is 13.3. The number of hydrogen-bond acceptors (Lipinski definition) is 4. The van der Waals surface area contributed by atoms with Crippen LogP contribution >= 0.6 is 0 Å². The number of aromatic nitrogens is 2. The lowest BCUT2D eigenvalue weighted by atomic mass is 9.97. The Kier molecular flexibility index (Phi) is 3.97. The Morgan fingerprint density at radius 2 is 1.96 bits per heavy atom. The molecular weight excluding hydrogens is 307 g/mol. The number of anilines is 1. The fourth-order valence-electron chi connectivity index (χ4n) is 2.95. The molecule has 0 aliphatic carbocycles. The van der Waals surface area contributed by atoms with E-state index in [1.165, 1.54) is 12.1 Å². The first-order valence-electron chi connectivity index (χ1n) is 7.26. The minimum atomic E-state index is -4.44. The molecule has 1 aliphatic heterocycles. The summed E-state index contributed by atoms with van der Waals surface area (Å²) in [7, 11) is 0. The van der Waals surface area contributed by atoms with Gasteiger partial charge < -0.3 is 10.0 Å². The standard InChI is InChI=1S/C16H16F3N3O/c1-10-6-7-20-15(21-10)22-9-11(23)8-14(22)12-4-2-3-5-13(12)16(17,18)19/h2-7,11,14,23H,8-9H2,1H3. The van der Waals surface area contributed by atoms with Crippen LogP contribution in [0.3, 0.4) is 0 Å². The molecule has 4 nitrogen and oxygen atoms in total. The van der Waals surface area contributed by atoms with Crippen LogP contribution in [0, 0.1) is 6.92 Å². The lowest BCUT2D eigenvalue weighted by Gasteiger charge is -2.27. The Bertz CT molecular complexity index is 705. The van der Waals surface area contributed by atoms with E-state index in [1.807, 2.05) is 0 Å². The van der Waals surface area contributed by atoms with Crippen LogP contribution in [0.25, 0.3) is 0 Å². The summed E-state index contributed by atoms with van der Waals surface area (Å²) in [6, 6.07) is 6.57. The van der Waals surface area contributed by atoms with E-state index in [-0.39, 0.29) is 18.5 Å². The molecule has 23 heavy (non-hydrogen) atoms. The maximum Gasteiger partial charge on any atom is 0.416 e. The smallest absolute Gasteiger partial charge is 0.391 e. The zero-order valence-electron chi connectivity index (χ0n) is 12.5. The van der Waals surface area contributed by atoms with Gasteiger partial charge in [0.2, 0.25) is 5.95 Å². The number of hydrogen-bond donors (Lipinski definition) is 1. The van der Waals surface area contributed by atoms with Crippen LogP contribution in [0.4, 0.5) is 19.1 Å². The van der Waals surface area contributed by atoms with Crippen molar-refractivity contribution in [2.45, 2.75) is 31.7 Å². The van der Waals surface area contributed by atoms with E-state index in [4.69, 9.17) is 0 Å². The Morgan fingerprint density at radius 3 is 2.65 bits per heavy atom. The van der Waals surface area contributed by atoms with Gasteiger partial charge in [0.05, 0.1) is 17.7 Å². The van der Waals surface area contributed by atoms with Crippen LogP contribution in [-0.4, -0.2) is 27.7 Å². The Labute approximate surface area is 131 Å². The van der Waals surface area contributed by atoms with Crippen LogP contribution in [0.15, 0.2) is 36.5 Å². The zero-order valence-corrected chi connectivity index (χ0v) is 12.5. The topological polar surface area (TPSA) is 49.2 Å². The first-order valence-corrected chi connectivity index (χ1v) is 7.26. The van der Waals surface area contributed by atoms with E-state index in [1.54, 1.807) is 30.2 Å². The summed E-state index contributed by atoms with van der Waals surface area (Å²) in [4.78, 5) is 10.1. The first kappa shape index (κ1) is 15.7. The summed E-state index contributed by atoms with van der Waals surface area (Å²) in [5, 5.41) is 9.98. The van der Waals surface area contributed by atoms with Crippen molar-refractivity contribution in [1.29, 1.82) is 0 Å². The number of halogens is 3. The average molecular weight is 323 g/mol. The summed E-state index contributed by atoms with van der Waals surface area (Å²) in [5.74, 6) is 0.337. The molecule has 0 spiro atoms. The largest absolute Gasteiger partial charge is 0.416 e. The third kappa shape index (κ3) is 3.14. The van der Waals surface area contributed by atoms with E-state index in [0.29, 0.717) is 5.95 Å². The predicted octanol–water partition coefficient (Wildman–Crippen LogP) is 3.12. The van der Waals surface area contributed by atoms with Crippen molar-refractivity contribution in [3.05, 3.63) is 53.3 Å². The summed E-state index contributed by atoms with van der Waals surface area (Å²) >= 11 is 0. The van der Waals surface area contributed by atoms with Crippen molar-refractivity contribution in [2.75, 3.05) is 11.4 Å². The van der Waals surface area contributed by atoms with Crippen LogP contribution in [0.2, 0.25) is 0 Å². The van der Waals surface area contributed by atoms with Gasteiger partial charge >= 0.3 is 6.18 Å². The highest BCUT2D eigenvalue weighted by atomic mass is 19.4. The molecule has 122 valence electrons. The summed E-state index contributed by atoms with van der Waals surface area (Å²) in [5.41, 5.74) is 0.178. The lowest BCUT2D eigenvalue weighted by Crippen LogP contribution is -2.27. The number of aliphatic hydroxyl groups excluding tert-OH is 1. The minimum Gasteiger partial charge on any atom is -0.391 e. The first-order chi connectivity index (χ1) is 10.9. The normalized spacial score (nSPS) is 21.7. The maximum absolute atomic E-state index is 13.3. The molecule has 1 fully saturated rings. The lowest BCUT2D eigenvalue weighted by molar-refractivity contribution is -0.138. The third-order valence-corrected chi connectivity index (χ3v) is 3.94. The van der Waals surface area contributed by atoms with Gasteiger partial charge in [0.15, 0.2) is 0 Å². The zero-order chi connectivity index (χ0) is 16.6. The van der Waals surface area contributed by atoms with Crippen molar-refractivity contribution in [3.63, 3.8) is 0 Å². The molecular formula is C16H16F3N3O. The molecule has 1 saturated heterocycles. The van der Waals surface area contributed by atoms with Gasteiger partial charge in [0, 0.05) is 18.4 Å². The van der Waals surface area contributed by atoms with Crippen LogP contribution in [0.1, 0.15) is 29.3 Å². The van der Waals surface area contributed by atoms with Gasteiger partial charge in [0.1, 0.15) is 0 Å². The van der Waals surface area contributed by atoms with Gasteiger partial charge in [-0.25, -0.2) is 9.97 Å². The molecule has 1 aromatic carbocycles. The third-order valence-electron chi connectivity index (χ3n) is 3.94. The van der Waals surface area contributed by atoms with Crippen molar-refractivity contribution in [1.82, 2.24) is 9.97 Å². The van der Waals surface area contributed by atoms with Gasteiger partial charge in [-0.3, -0.25) is 0 Å². The van der Waals surface area contributed by atoms with Crippen molar-refractivity contribution >= 4 is 5.95 Å². The second kappa shape index (κ2) is 5.81. The summed E-state index contributed by atoms with van der Waals surface area (Å²) in [6.45, 7) is 2.00. The minimum absolute atomic E-state index is 0.140. The second-order valence-electron chi connectivity index (χ2n) is 5.64. The number of β-amino-alcohol motifs (C(OH)–C–C–N with tert-alkyl or cyclic N) is 1. The molecule has 0 saturated carbocycles. The molecule has 0 amide bonds. The van der Waals surface area contributed by atoms with Gasteiger partial charge in [0.25, 0.3) is 0 Å². The second-order valence-corrected chi connectivity index (χ2v) is 5.64. The fraction of sp³-hybridized carbons (Fsp3) is 0.375. The van der Waals surface area contributed by atoms with Gasteiger partial charge in [-0.05, 0) is 31.0 Å². The van der Waals surface area contributed by atoms with E-state index >= 15 is 0 Å². The molecule has 2 aromatic rings. The molecule has 0 bridgehead atoms. The number of aryl methyl sites for hydroxylation is 1. The highest BCUT2D eigenvalue weighted by Gasteiger charge is 2.40. The number of aliphatic hydroxyl groups is 1. The molecule has 1 N–H and O–H groups in total. The number of rotatable bonds is 2. The SMILES string of the molecule is Cc1ccnc(N2CC(O)CC2c2ccccc2C(F)(F)F)n1. The predicted molar refractivity (Wildman–Crippen MR) is 78.9 cm³/mol. The monoisotopic (exact) mass is 323 g/mol. The molecule has 0 radical (unpaired) electrons. The highest BCUT2D eigenvalue weighted by molar-refractivity contribution is 5.43. The summed E-state index contributed by atoms with van der Waals surface area (Å²) < 4.78 is 39.8. The van der Waals surface area contributed by atoms with Crippen LogP contribution in [-0.2, 0) is 6.18 Å². The van der Waals surface area contributed by atoms with Gasteiger partial charge in [-0.2, -0.15) is 13.2 Å². The van der Waals surface area contributed by atoms with E-state index in [0.717, 1.165) is 11.8 Å². The Hall–Kier alpha value is -2.15. The van der Waals surface area contributed by atoms with E-state index < -0.39 is 23.9 Å². The van der Waals surface area contributed by atoms with Gasteiger partial charge in [-0.15, -0.1) is 0 Å². The molecule has 1 aromatic heterocycles. The quantitative estimate of drug-likeness (QED) is 0.922. The fourth-order valence-corrected chi connectivity index (χ4v) is 2.95. The Balaban J connectivity index is 2.04. The van der Waals surface area contributed by atoms with Crippen LogP contribution < -0.4 is 4.90 Å². The molecule has 1 aliphatic rings.